The molecule has 2 fully saturated rings. The highest BCUT2D eigenvalue weighted by Gasteiger charge is 2.53. The summed E-state index contributed by atoms with van der Waals surface area (Å²) in [7, 11) is 2.66. The Kier molecular flexibility index (Phi) is 2.65. The summed E-state index contributed by atoms with van der Waals surface area (Å²) < 4.78 is 14.7. The molecule has 1 aliphatic heterocycles. The molecule has 0 spiro atoms. The van der Waals surface area contributed by atoms with E-state index in [9.17, 15) is 9.59 Å². The average molecular weight is 214 g/mol. The third-order valence-electron chi connectivity index (χ3n) is 3.15. The summed E-state index contributed by atoms with van der Waals surface area (Å²) in [5.41, 5.74) is 0. The van der Waals surface area contributed by atoms with Gasteiger partial charge in [0.05, 0.1) is 38.3 Å². The lowest BCUT2D eigenvalue weighted by Gasteiger charge is -2.24. The van der Waals surface area contributed by atoms with E-state index in [0.29, 0.717) is 12.8 Å². The number of esters is 2. The Labute approximate surface area is 87.7 Å². The molecule has 5 nitrogen and oxygen atoms in total. The Morgan fingerprint density at radius 2 is 1.40 bits per heavy atom. The molecule has 4 atom stereocenters. The molecule has 0 aromatic carbocycles. The molecule has 2 aliphatic rings. The molecular formula is C10H14O5. The monoisotopic (exact) mass is 214 g/mol. The first-order valence-corrected chi connectivity index (χ1v) is 4.98. The normalized spacial score (nSPS) is 37.7. The largest absolute Gasteiger partial charge is 0.469 e. The second kappa shape index (κ2) is 3.81. The maximum Gasteiger partial charge on any atom is 0.309 e. The molecule has 15 heavy (non-hydrogen) atoms. The number of methoxy groups -OCH3 is 2. The first-order valence-electron chi connectivity index (χ1n) is 4.98. The molecule has 84 valence electrons. The van der Waals surface area contributed by atoms with Crippen LogP contribution < -0.4 is 0 Å². The van der Waals surface area contributed by atoms with E-state index in [2.05, 4.69) is 9.47 Å². The maximum absolute atomic E-state index is 11.5. The smallest absolute Gasteiger partial charge is 0.309 e. The van der Waals surface area contributed by atoms with Crippen LogP contribution in [0.2, 0.25) is 0 Å². The molecule has 1 saturated carbocycles. The number of epoxide rings is 1. The second-order valence-electron chi connectivity index (χ2n) is 3.94. The minimum Gasteiger partial charge on any atom is -0.469 e. The number of rotatable bonds is 2. The van der Waals surface area contributed by atoms with E-state index in [0.717, 1.165) is 0 Å². The zero-order valence-electron chi connectivity index (χ0n) is 8.76. The van der Waals surface area contributed by atoms with Gasteiger partial charge >= 0.3 is 11.9 Å². The number of carbonyl (C=O) groups is 2. The Hall–Kier alpha value is -1.10. The van der Waals surface area contributed by atoms with Crippen LogP contribution in [0.15, 0.2) is 0 Å². The maximum atomic E-state index is 11.5. The third kappa shape index (κ3) is 1.84. The summed E-state index contributed by atoms with van der Waals surface area (Å²) in [6.07, 6.45) is 1.40. The topological polar surface area (TPSA) is 65.1 Å². The third-order valence-corrected chi connectivity index (χ3v) is 3.15. The van der Waals surface area contributed by atoms with E-state index < -0.39 is 11.8 Å². The minimum atomic E-state index is -0.411. The van der Waals surface area contributed by atoms with Crippen molar-refractivity contribution in [2.45, 2.75) is 25.0 Å². The summed E-state index contributed by atoms with van der Waals surface area (Å²) in [5, 5.41) is 0. The number of carbonyl (C=O) groups excluding carboxylic acids is 2. The predicted octanol–water partition coefficient (Wildman–Crippen LogP) is 0.126. The molecule has 0 aromatic heterocycles. The lowest BCUT2D eigenvalue weighted by atomic mass is 9.79. The van der Waals surface area contributed by atoms with Gasteiger partial charge in [-0.25, -0.2) is 0 Å². The van der Waals surface area contributed by atoms with E-state index in [1.165, 1.54) is 14.2 Å². The van der Waals surface area contributed by atoms with Crippen molar-refractivity contribution < 1.29 is 23.8 Å². The van der Waals surface area contributed by atoms with E-state index in [-0.39, 0.29) is 24.1 Å². The standard InChI is InChI=1S/C10H14O5/c1-13-9(11)5-3-7-8(15-7)4-6(5)10(12)14-2/h5-8H,3-4H2,1-2H3/t5-,6-,7-,8+/m1/s1. The van der Waals surface area contributed by atoms with Crippen molar-refractivity contribution in [3.8, 4) is 0 Å². The fraction of sp³-hybridized carbons (Fsp3) is 0.800. The van der Waals surface area contributed by atoms with E-state index in [1.807, 2.05) is 0 Å². The zero-order valence-corrected chi connectivity index (χ0v) is 8.76. The van der Waals surface area contributed by atoms with Crippen LogP contribution in [-0.4, -0.2) is 38.4 Å². The lowest BCUT2D eigenvalue weighted by molar-refractivity contribution is -0.158. The molecule has 1 heterocycles. The van der Waals surface area contributed by atoms with Crippen molar-refractivity contribution in [3.63, 3.8) is 0 Å². The van der Waals surface area contributed by atoms with E-state index in [1.54, 1.807) is 0 Å². The van der Waals surface area contributed by atoms with Crippen molar-refractivity contribution in [3.05, 3.63) is 0 Å². The predicted molar refractivity (Wildman–Crippen MR) is 48.9 cm³/mol. The molecule has 0 aromatic rings. The van der Waals surface area contributed by atoms with Crippen LogP contribution in [0.4, 0.5) is 0 Å². The van der Waals surface area contributed by atoms with Gasteiger partial charge in [0.1, 0.15) is 0 Å². The highest BCUT2D eigenvalue weighted by Crippen LogP contribution is 2.43. The van der Waals surface area contributed by atoms with Crippen LogP contribution in [0.1, 0.15) is 12.8 Å². The molecule has 0 N–H and O–H groups in total. The van der Waals surface area contributed by atoms with Crippen molar-refractivity contribution in [2.24, 2.45) is 11.8 Å². The lowest BCUT2D eigenvalue weighted by Crippen LogP contribution is -2.36. The summed E-state index contributed by atoms with van der Waals surface area (Å²) in [4.78, 5) is 23.0. The molecule has 0 amide bonds. The van der Waals surface area contributed by atoms with Gasteiger partial charge in [-0.05, 0) is 12.8 Å². The van der Waals surface area contributed by atoms with Crippen molar-refractivity contribution >= 4 is 11.9 Å². The first-order chi connectivity index (χ1) is 7.17. The van der Waals surface area contributed by atoms with Gasteiger partial charge in [0.25, 0.3) is 0 Å². The Bertz CT molecular complexity index is 260. The molecular weight excluding hydrogens is 200 g/mol. The molecule has 0 radical (unpaired) electrons. The Morgan fingerprint density at radius 1 is 1.00 bits per heavy atom. The van der Waals surface area contributed by atoms with Crippen LogP contribution in [0, 0.1) is 11.8 Å². The van der Waals surface area contributed by atoms with Crippen molar-refractivity contribution in [1.82, 2.24) is 0 Å². The molecule has 0 bridgehead atoms. The summed E-state index contributed by atoms with van der Waals surface area (Å²) in [5.74, 6) is -1.52. The molecule has 5 heteroatoms. The average Bonchev–Trinajstić information content (AvgIpc) is 3.03. The van der Waals surface area contributed by atoms with Gasteiger partial charge < -0.3 is 14.2 Å². The van der Waals surface area contributed by atoms with E-state index in [4.69, 9.17) is 4.74 Å². The first kappa shape index (κ1) is 10.4. The number of hydrogen-bond acceptors (Lipinski definition) is 5. The van der Waals surface area contributed by atoms with Gasteiger partial charge in [0, 0.05) is 0 Å². The molecule has 1 aliphatic carbocycles. The van der Waals surface area contributed by atoms with Crippen LogP contribution >= 0.6 is 0 Å². The second-order valence-corrected chi connectivity index (χ2v) is 3.94. The fourth-order valence-corrected chi connectivity index (χ4v) is 2.25. The Morgan fingerprint density at radius 3 is 1.73 bits per heavy atom. The molecule has 0 unspecified atom stereocenters. The van der Waals surface area contributed by atoms with Gasteiger partial charge in [-0.15, -0.1) is 0 Å². The van der Waals surface area contributed by atoms with Gasteiger partial charge in [-0.2, -0.15) is 0 Å². The molecule has 2 rings (SSSR count). The Balaban J connectivity index is 2.09. The molecule has 1 saturated heterocycles. The highest BCUT2D eigenvalue weighted by molar-refractivity contribution is 5.82. The van der Waals surface area contributed by atoms with Crippen molar-refractivity contribution in [2.75, 3.05) is 14.2 Å². The number of fused-ring (bicyclic) bond motifs is 1. The zero-order chi connectivity index (χ0) is 11.0. The summed E-state index contributed by atoms with van der Waals surface area (Å²) in [6, 6.07) is 0. The summed E-state index contributed by atoms with van der Waals surface area (Å²) >= 11 is 0. The van der Waals surface area contributed by atoms with Crippen molar-refractivity contribution in [1.29, 1.82) is 0 Å². The quantitative estimate of drug-likeness (QED) is 0.482. The van der Waals surface area contributed by atoms with Gasteiger partial charge in [-0.1, -0.05) is 0 Å². The van der Waals surface area contributed by atoms with Gasteiger partial charge in [-0.3, -0.25) is 9.59 Å². The highest BCUT2D eigenvalue weighted by atomic mass is 16.6. The van der Waals surface area contributed by atoms with Crippen LogP contribution in [0.25, 0.3) is 0 Å². The van der Waals surface area contributed by atoms with Crippen LogP contribution in [-0.2, 0) is 23.8 Å². The summed E-state index contributed by atoms with van der Waals surface area (Å²) in [6.45, 7) is 0. The van der Waals surface area contributed by atoms with Crippen LogP contribution in [0.5, 0.6) is 0 Å². The minimum absolute atomic E-state index is 0.134. The van der Waals surface area contributed by atoms with Gasteiger partial charge in [0.15, 0.2) is 0 Å². The van der Waals surface area contributed by atoms with Crippen LogP contribution in [0.3, 0.4) is 0 Å². The number of ether oxygens (including phenoxy) is 3. The van der Waals surface area contributed by atoms with E-state index >= 15 is 0 Å². The fourth-order valence-electron chi connectivity index (χ4n) is 2.25. The number of hydrogen-bond donors (Lipinski definition) is 0. The van der Waals surface area contributed by atoms with Gasteiger partial charge in [0.2, 0.25) is 0 Å². The SMILES string of the molecule is COC(=O)[C@@H]1C[C@@H]2O[C@@H]2C[C@H]1C(=O)OC.